The third-order valence-electron chi connectivity index (χ3n) is 12.3. The number of cyclic esters (lactones) is 1. The van der Waals surface area contributed by atoms with E-state index in [4.69, 9.17) is 28.4 Å². The predicted octanol–water partition coefficient (Wildman–Crippen LogP) is 2.94. The third-order valence-corrected chi connectivity index (χ3v) is 12.3. The standard InChI is InChI=1S/C32H44O10/c1-16-10-25(37-5)32(36)28(39-16)41-22-12-19-6-7-21-20(29(19,3)13-23(22)42-32)8-9-30(4)27(18-11-26(34)38-15-18)24(40-17(2)33)14-31(21,30)35/h11-12,16,20-25,27-28,35-36H,6-10,13-15H2,1-5H3/t16-,20?,21-,22-,23-,24+,25-,27+,28+,29+,30-,31+,32-/m1/s1. The van der Waals surface area contributed by atoms with Crippen LogP contribution in [-0.2, 0) is 38.0 Å². The molecule has 3 saturated carbocycles. The second-order valence-electron chi connectivity index (χ2n) is 14.3. The Morgan fingerprint density at radius 1 is 1.12 bits per heavy atom. The van der Waals surface area contributed by atoms with Gasteiger partial charge in [-0.2, -0.15) is 0 Å². The van der Waals surface area contributed by atoms with Gasteiger partial charge in [-0.25, -0.2) is 4.79 Å². The molecule has 4 aliphatic carbocycles. The molecular weight excluding hydrogens is 544 g/mol. The number of ether oxygens (including phenoxy) is 6. The molecule has 2 N–H and O–H groups in total. The number of aliphatic hydroxyl groups is 2. The van der Waals surface area contributed by atoms with E-state index in [0.717, 1.165) is 31.3 Å². The summed E-state index contributed by atoms with van der Waals surface area (Å²) in [6.45, 7) is 7.88. The Labute approximate surface area is 246 Å². The Hall–Kier alpha value is -1.82. The summed E-state index contributed by atoms with van der Waals surface area (Å²) in [7, 11) is 1.57. The fourth-order valence-corrected chi connectivity index (χ4v) is 10.4. The van der Waals surface area contributed by atoms with Crippen molar-refractivity contribution in [1.29, 1.82) is 0 Å². The molecule has 13 atom stereocenters. The minimum Gasteiger partial charge on any atom is -0.462 e. The second kappa shape index (κ2) is 9.59. The molecule has 0 spiro atoms. The van der Waals surface area contributed by atoms with Gasteiger partial charge in [-0.05, 0) is 61.9 Å². The van der Waals surface area contributed by atoms with E-state index in [0.29, 0.717) is 19.3 Å². The van der Waals surface area contributed by atoms with E-state index in [2.05, 4.69) is 19.9 Å². The summed E-state index contributed by atoms with van der Waals surface area (Å²) < 4.78 is 35.6. The van der Waals surface area contributed by atoms with E-state index in [1.54, 1.807) is 7.11 Å². The summed E-state index contributed by atoms with van der Waals surface area (Å²) in [4.78, 5) is 24.3. The fraction of sp³-hybridized carbons (Fsp3) is 0.812. The molecule has 10 nitrogen and oxygen atoms in total. The molecule has 0 bridgehead atoms. The van der Waals surface area contributed by atoms with Gasteiger partial charge in [-0.3, -0.25) is 4.79 Å². The molecule has 5 fully saturated rings. The third kappa shape index (κ3) is 3.91. The van der Waals surface area contributed by atoms with Crippen molar-refractivity contribution < 1.29 is 48.2 Å². The minimum atomic E-state index is -1.70. The first-order valence-corrected chi connectivity index (χ1v) is 15.5. The molecular formula is C32H44O10. The molecule has 7 rings (SSSR count). The maximum Gasteiger partial charge on any atom is 0.331 e. The molecule has 0 radical (unpaired) electrons. The number of hydrogen-bond acceptors (Lipinski definition) is 10. The second-order valence-corrected chi connectivity index (χ2v) is 14.3. The zero-order valence-corrected chi connectivity index (χ0v) is 25.2. The lowest BCUT2D eigenvalue weighted by molar-refractivity contribution is -0.450. The van der Waals surface area contributed by atoms with Crippen LogP contribution in [0.5, 0.6) is 0 Å². The smallest absolute Gasteiger partial charge is 0.331 e. The van der Waals surface area contributed by atoms with Crippen LogP contribution in [0.4, 0.5) is 0 Å². The molecule has 0 aromatic carbocycles. The zero-order chi connectivity index (χ0) is 29.8. The van der Waals surface area contributed by atoms with Crippen molar-refractivity contribution in [1.82, 2.24) is 0 Å². The highest BCUT2D eigenvalue weighted by atomic mass is 16.8. The van der Waals surface area contributed by atoms with Gasteiger partial charge in [0.25, 0.3) is 0 Å². The lowest BCUT2D eigenvalue weighted by Crippen LogP contribution is -2.69. The molecule has 2 saturated heterocycles. The Bertz CT molecular complexity index is 1230. The minimum absolute atomic E-state index is 0.0393. The molecule has 3 heterocycles. The van der Waals surface area contributed by atoms with Crippen LogP contribution in [0, 0.1) is 28.6 Å². The summed E-state index contributed by atoms with van der Waals surface area (Å²) in [5, 5.41) is 24.4. The van der Waals surface area contributed by atoms with E-state index in [1.807, 2.05) is 6.92 Å². The van der Waals surface area contributed by atoms with Gasteiger partial charge in [0.2, 0.25) is 12.1 Å². The summed E-state index contributed by atoms with van der Waals surface area (Å²) in [5.41, 5.74) is 0.151. The van der Waals surface area contributed by atoms with Crippen LogP contribution in [0.15, 0.2) is 23.3 Å². The van der Waals surface area contributed by atoms with Crippen molar-refractivity contribution in [3.8, 4) is 0 Å². The van der Waals surface area contributed by atoms with Gasteiger partial charge in [0, 0.05) is 44.3 Å². The monoisotopic (exact) mass is 588 g/mol. The van der Waals surface area contributed by atoms with E-state index < -0.39 is 47.4 Å². The first-order chi connectivity index (χ1) is 19.8. The van der Waals surface area contributed by atoms with E-state index >= 15 is 0 Å². The van der Waals surface area contributed by atoms with Crippen LogP contribution in [0.2, 0.25) is 0 Å². The number of allylic oxidation sites excluding steroid dienone is 1. The summed E-state index contributed by atoms with van der Waals surface area (Å²) in [5.74, 6) is -2.66. The van der Waals surface area contributed by atoms with Crippen LogP contribution >= 0.6 is 0 Å². The lowest BCUT2D eigenvalue weighted by Gasteiger charge is -2.63. The number of carbonyl (C=O) groups excluding carboxylic acids is 2. The number of carbonyl (C=O) groups is 2. The number of methoxy groups -OCH3 is 1. The van der Waals surface area contributed by atoms with Crippen molar-refractivity contribution in [2.24, 2.45) is 28.6 Å². The molecule has 7 aliphatic rings. The van der Waals surface area contributed by atoms with Crippen LogP contribution in [0.3, 0.4) is 0 Å². The van der Waals surface area contributed by atoms with Gasteiger partial charge in [-0.15, -0.1) is 0 Å². The van der Waals surface area contributed by atoms with Gasteiger partial charge in [0.1, 0.15) is 24.9 Å². The highest BCUT2D eigenvalue weighted by molar-refractivity contribution is 5.85. The normalized spacial score (nSPS) is 52.9. The van der Waals surface area contributed by atoms with Gasteiger partial charge in [0.05, 0.1) is 17.8 Å². The van der Waals surface area contributed by atoms with Gasteiger partial charge in [-0.1, -0.05) is 25.5 Å². The van der Waals surface area contributed by atoms with Crippen molar-refractivity contribution in [2.45, 2.75) is 121 Å². The Balaban J connectivity index is 1.21. The van der Waals surface area contributed by atoms with Crippen LogP contribution in [0.1, 0.15) is 72.6 Å². The summed E-state index contributed by atoms with van der Waals surface area (Å²) in [6, 6.07) is 0. The quantitative estimate of drug-likeness (QED) is 0.375. The summed E-state index contributed by atoms with van der Waals surface area (Å²) >= 11 is 0. The molecule has 0 aromatic heterocycles. The molecule has 10 heteroatoms. The molecule has 232 valence electrons. The Kier molecular flexibility index (Phi) is 6.60. The van der Waals surface area contributed by atoms with E-state index in [1.165, 1.54) is 18.6 Å². The fourth-order valence-electron chi connectivity index (χ4n) is 10.4. The first-order valence-electron chi connectivity index (χ1n) is 15.5. The van der Waals surface area contributed by atoms with Crippen molar-refractivity contribution in [3.05, 3.63) is 23.3 Å². The maximum absolute atomic E-state index is 12.8. The predicted molar refractivity (Wildman–Crippen MR) is 146 cm³/mol. The van der Waals surface area contributed by atoms with Crippen LogP contribution < -0.4 is 0 Å². The molecule has 3 aliphatic heterocycles. The molecule has 1 unspecified atom stereocenters. The Morgan fingerprint density at radius 3 is 2.60 bits per heavy atom. The molecule has 0 aromatic rings. The molecule has 0 amide bonds. The number of fused-ring (bicyclic) bond motifs is 7. The Morgan fingerprint density at radius 2 is 1.90 bits per heavy atom. The summed E-state index contributed by atoms with van der Waals surface area (Å²) in [6.07, 6.45) is 5.46. The van der Waals surface area contributed by atoms with Crippen LogP contribution in [0.25, 0.3) is 0 Å². The van der Waals surface area contributed by atoms with E-state index in [9.17, 15) is 19.8 Å². The molecule has 42 heavy (non-hydrogen) atoms. The van der Waals surface area contributed by atoms with Crippen LogP contribution in [-0.4, -0.2) is 84.1 Å². The van der Waals surface area contributed by atoms with Crippen molar-refractivity contribution >= 4 is 11.9 Å². The van der Waals surface area contributed by atoms with Gasteiger partial charge < -0.3 is 38.6 Å². The highest BCUT2D eigenvalue weighted by Crippen LogP contribution is 2.70. The average Bonchev–Trinajstić information content (AvgIpc) is 3.42. The van der Waals surface area contributed by atoms with Crippen molar-refractivity contribution in [3.63, 3.8) is 0 Å². The lowest BCUT2D eigenvalue weighted by atomic mass is 9.45. The largest absolute Gasteiger partial charge is 0.462 e. The number of rotatable bonds is 3. The SMILES string of the molecule is CO[C@@H]1C[C@@H](C)O[C@H]2O[C@@H]3C=C4CC[C@@H]5C(CC[C@]6(C)[C@@H](C7=CC(=O)OC7)[C@@H](OC(C)=O)C[C@]56O)[C@@]4(C)C[C@H]3O[C@@]21O. The number of hydrogen-bond donors (Lipinski definition) is 2. The highest BCUT2D eigenvalue weighted by Gasteiger charge is 2.71. The topological polar surface area (TPSA) is 130 Å². The number of esters is 2. The zero-order valence-electron chi connectivity index (χ0n) is 25.2. The van der Waals surface area contributed by atoms with Gasteiger partial charge >= 0.3 is 11.9 Å². The van der Waals surface area contributed by atoms with Crippen molar-refractivity contribution in [2.75, 3.05) is 13.7 Å². The van der Waals surface area contributed by atoms with E-state index in [-0.39, 0.29) is 48.0 Å². The first kappa shape index (κ1) is 28.9. The average molecular weight is 589 g/mol. The van der Waals surface area contributed by atoms with Gasteiger partial charge in [0.15, 0.2) is 0 Å². The maximum atomic E-state index is 12.8.